The van der Waals surface area contributed by atoms with Crippen molar-refractivity contribution in [1.82, 2.24) is 0 Å². The highest BCUT2D eigenvalue weighted by molar-refractivity contribution is 6.33. The van der Waals surface area contributed by atoms with Crippen LogP contribution in [-0.4, -0.2) is 31.8 Å². The lowest BCUT2D eigenvalue weighted by molar-refractivity contribution is -0.144. The topological polar surface area (TPSA) is 47.6 Å². The van der Waals surface area contributed by atoms with Crippen LogP contribution in [0.1, 0.15) is 0 Å². The summed E-state index contributed by atoms with van der Waals surface area (Å²) in [5.41, 5.74) is 0.600. The molecule has 1 fully saturated rings. The van der Waals surface area contributed by atoms with E-state index in [1.54, 1.807) is 18.2 Å². The number of hydrogen-bond donors (Lipinski definition) is 1. The Hall–Kier alpha value is -1.10. The van der Waals surface area contributed by atoms with Crippen LogP contribution >= 0.6 is 11.6 Å². The summed E-state index contributed by atoms with van der Waals surface area (Å²) in [5.74, 6) is -0.208. The van der Waals surface area contributed by atoms with E-state index in [1.165, 1.54) is 0 Å². The molecule has 0 unspecified atom stereocenters. The van der Waals surface area contributed by atoms with Crippen LogP contribution in [0.3, 0.4) is 0 Å². The van der Waals surface area contributed by atoms with Crippen molar-refractivity contribution in [1.29, 1.82) is 0 Å². The first-order valence-electron chi connectivity index (χ1n) is 4.99. The van der Waals surface area contributed by atoms with E-state index >= 15 is 0 Å². The minimum atomic E-state index is -0.208. The highest BCUT2D eigenvalue weighted by atomic mass is 35.5. The van der Waals surface area contributed by atoms with E-state index in [0.717, 1.165) is 0 Å². The number of nitrogens with one attached hydrogen (secondary N) is 1. The largest absolute Gasteiger partial charge is 0.376 e. The first-order valence-corrected chi connectivity index (χ1v) is 5.37. The predicted octanol–water partition coefficient (Wildman–Crippen LogP) is 1.69. The summed E-state index contributed by atoms with van der Waals surface area (Å²) >= 11 is 5.89. The molecule has 1 aromatic rings. The summed E-state index contributed by atoms with van der Waals surface area (Å²) in [4.78, 5) is 11.5. The Labute approximate surface area is 98.5 Å². The molecule has 1 N–H and O–H groups in total. The molecule has 4 nitrogen and oxygen atoms in total. The normalized spacial score (nSPS) is 15.6. The number of halogens is 1. The number of para-hydroxylation sites is 1. The molecule has 0 bridgehead atoms. The van der Waals surface area contributed by atoms with Gasteiger partial charge in [0.2, 0.25) is 5.91 Å². The van der Waals surface area contributed by atoms with Crippen molar-refractivity contribution in [3.63, 3.8) is 0 Å². The van der Waals surface area contributed by atoms with Gasteiger partial charge in [-0.15, -0.1) is 0 Å². The Morgan fingerprint density at radius 1 is 1.50 bits per heavy atom. The van der Waals surface area contributed by atoms with Crippen molar-refractivity contribution in [2.24, 2.45) is 0 Å². The van der Waals surface area contributed by atoms with Crippen LogP contribution in [0.15, 0.2) is 24.3 Å². The number of carbonyl (C=O) groups excluding carboxylic acids is 1. The first-order chi connectivity index (χ1) is 7.75. The molecular formula is C11H12ClNO3. The van der Waals surface area contributed by atoms with Gasteiger partial charge in [-0.2, -0.15) is 0 Å². The Balaban J connectivity index is 1.80. The van der Waals surface area contributed by atoms with Crippen molar-refractivity contribution in [2.75, 3.05) is 25.1 Å². The van der Waals surface area contributed by atoms with Gasteiger partial charge in [-0.05, 0) is 12.1 Å². The van der Waals surface area contributed by atoms with Crippen LogP contribution in [0.5, 0.6) is 0 Å². The van der Waals surface area contributed by atoms with Gasteiger partial charge in [0.15, 0.2) is 0 Å². The minimum Gasteiger partial charge on any atom is -0.376 e. The van der Waals surface area contributed by atoms with E-state index in [9.17, 15) is 4.79 Å². The highest BCUT2D eigenvalue weighted by Gasteiger charge is 2.19. The highest BCUT2D eigenvalue weighted by Crippen LogP contribution is 2.20. The number of anilines is 1. The molecular weight excluding hydrogens is 230 g/mol. The second-order valence-electron chi connectivity index (χ2n) is 3.50. The van der Waals surface area contributed by atoms with Gasteiger partial charge in [0.25, 0.3) is 0 Å². The van der Waals surface area contributed by atoms with E-state index in [1.807, 2.05) is 6.07 Å². The Morgan fingerprint density at radius 3 is 2.88 bits per heavy atom. The third kappa shape index (κ3) is 2.95. The molecule has 1 aromatic carbocycles. The zero-order valence-electron chi connectivity index (χ0n) is 8.61. The lowest BCUT2D eigenvalue weighted by Gasteiger charge is -2.25. The van der Waals surface area contributed by atoms with Gasteiger partial charge in [0.1, 0.15) is 12.7 Å². The number of rotatable bonds is 4. The first kappa shape index (κ1) is 11.4. The molecule has 16 heavy (non-hydrogen) atoms. The maximum absolute atomic E-state index is 11.5. The molecule has 1 aliphatic heterocycles. The van der Waals surface area contributed by atoms with E-state index in [2.05, 4.69) is 5.32 Å². The van der Waals surface area contributed by atoms with Crippen LogP contribution in [-0.2, 0) is 14.3 Å². The van der Waals surface area contributed by atoms with Crippen molar-refractivity contribution < 1.29 is 14.3 Å². The molecule has 0 aromatic heterocycles. The molecule has 0 saturated carbocycles. The summed E-state index contributed by atoms with van der Waals surface area (Å²) in [6, 6.07) is 7.08. The summed E-state index contributed by atoms with van der Waals surface area (Å²) < 4.78 is 10.2. The predicted molar refractivity (Wildman–Crippen MR) is 60.6 cm³/mol. The smallest absolute Gasteiger partial charge is 0.250 e. The van der Waals surface area contributed by atoms with Crippen LogP contribution in [0.4, 0.5) is 5.69 Å². The minimum absolute atomic E-state index is 0.0270. The Morgan fingerprint density at radius 2 is 2.25 bits per heavy atom. The second-order valence-corrected chi connectivity index (χ2v) is 3.91. The fourth-order valence-corrected chi connectivity index (χ4v) is 1.44. The monoisotopic (exact) mass is 241 g/mol. The van der Waals surface area contributed by atoms with E-state index in [0.29, 0.717) is 23.9 Å². The van der Waals surface area contributed by atoms with Crippen molar-refractivity contribution in [2.45, 2.75) is 6.10 Å². The number of ether oxygens (including phenoxy) is 2. The van der Waals surface area contributed by atoms with Gasteiger partial charge in [0.05, 0.1) is 23.9 Å². The molecule has 0 atom stereocenters. The van der Waals surface area contributed by atoms with Crippen LogP contribution < -0.4 is 5.32 Å². The average Bonchev–Trinajstić information content (AvgIpc) is 2.19. The van der Waals surface area contributed by atoms with Crippen molar-refractivity contribution in [3.05, 3.63) is 29.3 Å². The second kappa shape index (κ2) is 5.30. The SMILES string of the molecule is O=C(COC1COC1)Nc1ccccc1Cl. The molecule has 86 valence electrons. The maximum Gasteiger partial charge on any atom is 0.250 e. The Bertz CT molecular complexity index is 379. The van der Waals surface area contributed by atoms with Crippen LogP contribution in [0.25, 0.3) is 0 Å². The summed E-state index contributed by atoms with van der Waals surface area (Å²) in [6.45, 7) is 1.16. The molecule has 1 heterocycles. The zero-order valence-corrected chi connectivity index (χ0v) is 9.37. The number of benzene rings is 1. The lowest BCUT2D eigenvalue weighted by atomic mass is 10.3. The standard InChI is InChI=1S/C11H12ClNO3/c12-9-3-1-2-4-10(9)13-11(14)7-16-8-5-15-6-8/h1-4,8H,5-7H2,(H,13,14). The van der Waals surface area contributed by atoms with Gasteiger partial charge in [0, 0.05) is 0 Å². The fraction of sp³-hybridized carbons (Fsp3) is 0.364. The molecule has 1 aliphatic rings. The van der Waals surface area contributed by atoms with E-state index in [4.69, 9.17) is 21.1 Å². The number of hydrogen-bond acceptors (Lipinski definition) is 3. The van der Waals surface area contributed by atoms with E-state index < -0.39 is 0 Å². The molecule has 0 spiro atoms. The molecule has 1 saturated heterocycles. The third-order valence-electron chi connectivity index (χ3n) is 2.21. The quantitative estimate of drug-likeness (QED) is 0.873. The third-order valence-corrected chi connectivity index (χ3v) is 2.54. The molecule has 1 amide bonds. The van der Waals surface area contributed by atoms with E-state index in [-0.39, 0.29) is 18.6 Å². The summed E-state index contributed by atoms with van der Waals surface area (Å²) in [7, 11) is 0. The average molecular weight is 242 g/mol. The lowest BCUT2D eigenvalue weighted by Crippen LogP contribution is -2.38. The summed E-state index contributed by atoms with van der Waals surface area (Å²) in [6.07, 6.45) is 0.0528. The zero-order chi connectivity index (χ0) is 11.4. The maximum atomic E-state index is 11.5. The molecule has 5 heteroatoms. The van der Waals surface area contributed by atoms with Gasteiger partial charge < -0.3 is 14.8 Å². The van der Waals surface area contributed by atoms with Gasteiger partial charge in [-0.1, -0.05) is 23.7 Å². The van der Waals surface area contributed by atoms with Gasteiger partial charge >= 0.3 is 0 Å². The van der Waals surface area contributed by atoms with Crippen molar-refractivity contribution >= 4 is 23.2 Å². The molecule has 2 rings (SSSR count). The van der Waals surface area contributed by atoms with Gasteiger partial charge in [-0.3, -0.25) is 4.79 Å². The van der Waals surface area contributed by atoms with Crippen molar-refractivity contribution in [3.8, 4) is 0 Å². The van der Waals surface area contributed by atoms with Gasteiger partial charge in [-0.25, -0.2) is 0 Å². The molecule has 0 radical (unpaired) electrons. The van der Waals surface area contributed by atoms with Crippen LogP contribution in [0.2, 0.25) is 5.02 Å². The number of carbonyl (C=O) groups is 1. The van der Waals surface area contributed by atoms with Crippen LogP contribution in [0, 0.1) is 0 Å². The fourth-order valence-electron chi connectivity index (χ4n) is 1.25. The Kier molecular flexibility index (Phi) is 3.77. The molecule has 0 aliphatic carbocycles. The summed E-state index contributed by atoms with van der Waals surface area (Å²) in [5, 5.41) is 3.19. The number of amides is 1.